The lowest BCUT2D eigenvalue weighted by Gasteiger charge is -2.36. The Morgan fingerprint density at radius 3 is 2.65 bits per heavy atom. The molecule has 0 aliphatic carbocycles. The summed E-state index contributed by atoms with van der Waals surface area (Å²) in [6, 6.07) is 3.52. The maximum absolute atomic E-state index is 12.1. The van der Waals surface area contributed by atoms with Crippen LogP contribution < -0.4 is 15.4 Å². The molecular weight excluding hydrogens is 218 g/mol. The molecule has 1 aliphatic rings. The van der Waals surface area contributed by atoms with E-state index >= 15 is 0 Å². The van der Waals surface area contributed by atoms with Gasteiger partial charge in [-0.2, -0.15) is 4.98 Å². The first-order chi connectivity index (χ1) is 8.15. The molecule has 0 saturated carbocycles. The molecule has 0 saturated heterocycles. The summed E-state index contributed by atoms with van der Waals surface area (Å²) in [5.41, 5.74) is 0.139. The molecule has 5 nitrogen and oxygen atoms in total. The molecule has 92 valence electrons. The normalized spacial score (nSPS) is 16.8. The van der Waals surface area contributed by atoms with E-state index in [0.717, 1.165) is 0 Å². The first-order valence-corrected chi connectivity index (χ1v) is 5.80. The fraction of sp³-hybridized carbons (Fsp3) is 0.500. The van der Waals surface area contributed by atoms with Crippen LogP contribution in [0.4, 0.5) is 11.5 Å². The molecule has 0 aromatic carbocycles. The van der Waals surface area contributed by atoms with Crippen LogP contribution in [0.2, 0.25) is 0 Å². The van der Waals surface area contributed by atoms with E-state index in [9.17, 15) is 4.79 Å². The van der Waals surface area contributed by atoms with Crippen molar-refractivity contribution in [1.29, 1.82) is 0 Å². The molecule has 1 aliphatic heterocycles. The van der Waals surface area contributed by atoms with Crippen molar-refractivity contribution in [3.8, 4) is 5.88 Å². The average molecular weight is 235 g/mol. The van der Waals surface area contributed by atoms with Gasteiger partial charge < -0.3 is 15.4 Å². The van der Waals surface area contributed by atoms with Crippen molar-refractivity contribution >= 4 is 17.4 Å². The summed E-state index contributed by atoms with van der Waals surface area (Å²) >= 11 is 0. The van der Waals surface area contributed by atoms with Crippen LogP contribution in [-0.4, -0.2) is 23.5 Å². The monoisotopic (exact) mass is 235 g/mol. The number of carbonyl (C=O) groups excluding carboxylic acids is 1. The molecule has 1 aromatic rings. The molecule has 5 heteroatoms. The zero-order chi connectivity index (χ0) is 12.5. The minimum atomic E-state index is -0.563. The first-order valence-electron chi connectivity index (χ1n) is 5.80. The molecule has 2 rings (SSSR count). The molecule has 1 amide bonds. The van der Waals surface area contributed by atoms with Crippen molar-refractivity contribution < 1.29 is 9.53 Å². The Kier molecular flexibility index (Phi) is 2.92. The van der Waals surface area contributed by atoms with Gasteiger partial charge in [-0.15, -0.1) is 0 Å². The average Bonchev–Trinajstić information content (AvgIpc) is 2.37. The van der Waals surface area contributed by atoms with Gasteiger partial charge in [0.1, 0.15) is 5.54 Å². The van der Waals surface area contributed by atoms with Gasteiger partial charge in [-0.05, 0) is 18.9 Å². The van der Waals surface area contributed by atoms with Gasteiger partial charge in [0.2, 0.25) is 11.8 Å². The van der Waals surface area contributed by atoms with Gasteiger partial charge in [0.25, 0.3) is 0 Å². The van der Waals surface area contributed by atoms with Crippen molar-refractivity contribution in [2.45, 2.75) is 32.2 Å². The number of methoxy groups -OCH3 is 1. The van der Waals surface area contributed by atoms with Gasteiger partial charge in [0, 0.05) is 6.07 Å². The summed E-state index contributed by atoms with van der Waals surface area (Å²) in [6.45, 7) is 3.97. The minimum absolute atomic E-state index is 0.00182. The van der Waals surface area contributed by atoms with E-state index in [4.69, 9.17) is 4.74 Å². The highest BCUT2D eigenvalue weighted by atomic mass is 16.5. The third kappa shape index (κ3) is 1.81. The van der Waals surface area contributed by atoms with E-state index < -0.39 is 5.54 Å². The zero-order valence-corrected chi connectivity index (χ0v) is 10.3. The van der Waals surface area contributed by atoms with Gasteiger partial charge in [-0.25, -0.2) is 0 Å². The number of carbonyl (C=O) groups is 1. The molecule has 0 fully saturated rings. The molecule has 2 heterocycles. The Bertz CT molecular complexity index is 441. The Balaban J connectivity index is 2.41. The van der Waals surface area contributed by atoms with Crippen molar-refractivity contribution in [3.63, 3.8) is 0 Å². The first kappa shape index (κ1) is 11.7. The van der Waals surface area contributed by atoms with Crippen molar-refractivity contribution in [2.75, 3.05) is 17.7 Å². The van der Waals surface area contributed by atoms with E-state index in [1.807, 2.05) is 13.8 Å². The van der Waals surface area contributed by atoms with Crippen LogP contribution in [0, 0.1) is 0 Å². The van der Waals surface area contributed by atoms with Crippen molar-refractivity contribution in [1.82, 2.24) is 4.98 Å². The lowest BCUT2D eigenvalue weighted by Crippen LogP contribution is -2.51. The quantitative estimate of drug-likeness (QED) is 0.841. The highest BCUT2D eigenvalue weighted by Crippen LogP contribution is 2.33. The SMILES string of the molecule is CCC1(CC)Nc2nc(OC)ccc2NC1=O. The highest BCUT2D eigenvalue weighted by Gasteiger charge is 2.39. The van der Waals surface area contributed by atoms with Gasteiger partial charge in [0.15, 0.2) is 5.82 Å². The van der Waals surface area contributed by atoms with E-state index in [0.29, 0.717) is 30.2 Å². The third-order valence-corrected chi connectivity index (χ3v) is 3.33. The van der Waals surface area contributed by atoms with Crippen LogP contribution >= 0.6 is 0 Å². The minimum Gasteiger partial charge on any atom is -0.481 e. The van der Waals surface area contributed by atoms with Crippen LogP contribution in [0.5, 0.6) is 5.88 Å². The van der Waals surface area contributed by atoms with Gasteiger partial charge >= 0.3 is 0 Å². The zero-order valence-electron chi connectivity index (χ0n) is 10.3. The predicted octanol–water partition coefficient (Wildman–Crippen LogP) is 2.01. The second-order valence-electron chi connectivity index (χ2n) is 4.12. The maximum atomic E-state index is 12.1. The number of amides is 1. The molecule has 0 unspecified atom stereocenters. The number of hydrogen-bond acceptors (Lipinski definition) is 4. The maximum Gasteiger partial charge on any atom is 0.250 e. The smallest absolute Gasteiger partial charge is 0.250 e. The van der Waals surface area contributed by atoms with Crippen LogP contribution in [0.25, 0.3) is 0 Å². The van der Waals surface area contributed by atoms with Crippen LogP contribution in [-0.2, 0) is 4.79 Å². The predicted molar refractivity (Wildman–Crippen MR) is 66.4 cm³/mol. The number of nitrogens with zero attached hydrogens (tertiary/aromatic N) is 1. The summed E-state index contributed by atoms with van der Waals surface area (Å²) < 4.78 is 5.08. The van der Waals surface area contributed by atoms with E-state index in [2.05, 4.69) is 15.6 Å². The van der Waals surface area contributed by atoms with E-state index in [1.165, 1.54) is 0 Å². The second-order valence-corrected chi connectivity index (χ2v) is 4.12. The standard InChI is InChI=1S/C12H17N3O2/c1-4-12(5-2)11(16)13-8-6-7-9(17-3)14-10(8)15-12/h6-7H,4-5H2,1-3H3,(H,13,16)(H,14,15). The fourth-order valence-corrected chi connectivity index (χ4v) is 2.02. The lowest BCUT2D eigenvalue weighted by molar-refractivity contribution is -0.120. The number of hydrogen-bond donors (Lipinski definition) is 2. The number of anilines is 2. The number of pyridine rings is 1. The second kappa shape index (κ2) is 4.24. The van der Waals surface area contributed by atoms with Gasteiger partial charge in [-0.3, -0.25) is 4.79 Å². The Morgan fingerprint density at radius 1 is 1.35 bits per heavy atom. The summed E-state index contributed by atoms with van der Waals surface area (Å²) in [4.78, 5) is 16.4. The molecule has 1 aromatic heterocycles. The number of rotatable bonds is 3. The number of aromatic nitrogens is 1. The summed E-state index contributed by atoms with van der Waals surface area (Å²) in [5, 5.41) is 6.12. The number of fused-ring (bicyclic) bond motifs is 1. The molecule has 0 atom stereocenters. The van der Waals surface area contributed by atoms with Gasteiger partial charge in [-0.1, -0.05) is 13.8 Å². The molecule has 0 bridgehead atoms. The topological polar surface area (TPSA) is 63.3 Å². The summed E-state index contributed by atoms with van der Waals surface area (Å²) in [6.07, 6.45) is 1.43. The highest BCUT2D eigenvalue weighted by molar-refractivity contribution is 6.05. The van der Waals surface area contributed by atoms with E-state index in [1.54, 1.807) is 19.2 Å². The largest absolute Gasteiger partial charge is 0.481 e. The van der Waals surface area contributed by atoms with Crippen LogP contribution in [0.15, 0.2) is 12.1 Å². The third-order valence-electron chi connectivity index (χ3n) is 3.33. The number of ether oxygens (including phenoxy) is 1. The Labute approximate surface area is 101 Å². The van der Waals surface area contributed by atoms with Crippen LogP contribution in [0.1, 0.15) is 26.7 Å². The number of nitrogens with one attached hydrogen (secondary N) is 2. The molecule has 2 N–H and O–H groups in total. The van der Waals surface area contributed by atoms with Crippen LogP contribution in [0.3, 0.4) is 0 Å². The summed E-state index contributed by atoms with van der Waals surface area (Å²) in [7, 11) is 1.57. The van der Waals surface area contributed by atoms with Crippen molar-refractivity contribution in [3.05, 3.63) is 12.1 Å². The van der Waals surface area contributed by atoms with Gasteiger partial charge in [0.05, 0.1) is 12.8 Å². The van der Waals surface area contributed by atoms with Crippen molar-refractivity contribution in [2.24, 2.45) is 0 Å². The van der Waals surface area contributed by atoms with E-state index in [-0.39, 0.29) is 5.91 Å². The molecular formula is C12H17N3O2. The Hall–Kier alpha value is -1.78. The fourth-order valence-electron chi connectivity index (χ4n) is 2.02. The Morgan fingerprint density at radius 2 is 2.06 bits per heavy atom. The molecule has 0 spiro atoms. The molecule has 17 heavy (non-hydrogen) atoms. The molecule has 0 radical (unpaired) electrons. The summed E-state index contributed by atoms with van der Waals surface area (Å²) in [5.74, 6) is 1.21. The lowest BCUT2D eigenvalue weighted by atomic mass is 9.90.